The Morgan fingerprint density at radius 3 is 2.73 bits per heavy atom. The van der Waals surface area contributed by atoms with Gasteiger partial charge in [0.1, 0.15) is 5.65 Å². The molecule has 0 aliphatic carbocycles. The van der Waals surface area contributed by atoms with Gasteiger partial charge in [-0.1, -0.05) is 35.5 Å². The first-order chi connectivity index (χ1) is 14.7. The highest BCUT2D eigenvalue weighted by atomic mass is 32.2. The molecule has 0 aliphatic heterocycles. The number of imidazole rings is 1. The van der Waals surface area contributed by atoms with Crippen LogP contribution < -0.4 is 0 Å². The van der Waals surface area contributed by atoms with Crippen LogP contribution in [0.25, 0.3) is 22.7 Å². The average Bonchev–Trinajstić information content (AvgIpc) is 3.36. The molecule has 30 heavy (non-hydrogen) atoms. The molecule has 7 heteroatoms. The second kappa shape index (κ2) is 7.76. The van der Waals surface area contributed by atoms with Crippen molar-refractivity contribution in [1.29, 1.82) is 0 Å². The van der Waals surface area contributed by atoms with Crippen LogP contribution in [0.4, 0.5) is 0 Å². The predicted octanol–water partition coefficient (Wildman–Crippen LogP) is 4.89. The minimum absolute atomic E-state index is 0.706. The van der Waals surface area contributed by atoms with Gasteiger partial charge >= 0.3 is 0 Å². The summed E-state index contributed by atoms with van der Waals surface area (Å²) in [6.07, 6.45) is 7.65. The molecule has 0 N–H and O–H groups in total. The van der Waals surface area contributed by atoms with Crippen LogP contribution in [0, 0.1) is 13.8 Å². The second-order valence-electron chi connectivity index (χ2n) is 7.16. The number of thioether (sulfide) groups is 1. The van der Waals surface area contributed by atoms with Gasteiger partial charge in [0.2, 0.25) is 0 Å². The molecular weight excluding hydrogens is 392 g/mol. The van der Waals surface area contributed by atoms with Crippen molar-refractivity contribution in [2.24, 2.45) is 0 Å². The average molecular weight is 413 g/mol. The Morgan fingerprint density at radius 2 is 1.93 bits per heavy atom. The van der Waals surface area contributed by atoms with Gasteiger partial charge in [0, 0.05) is 36.1 Å². The van der Waals surface area contributed by atoms with Gasteiger partial charge in [-0.05, 0) is 49.7 Å². The zero-order valence-corrected chi connectivity index (χ0v) is 17.5. The Bertz CT molecular complexity index is 1290. The topological polar surface area (TPSA) is 60.9 Å². The maximum absolute atomic E-state index is 4.70. The fraction of sp³-hybridized carbons (Fsp3) is 0.130. The number of fused-ring (bicyclic) bond motifs is 1. The minimum atomic E-state index is 0.706. The SMILES string of the molecule is Cc1ccc(-n2c(SCc3cn4ccccc4n3)nnc2-c2cccnc2)c(C)c1. The van der Waals surface area contributed by atoms with Gasteiger partial charge in [0.05, 0.1) is 11.4 Å². The van der Waals surface area contributed by atoms with E-state index in [-0.39, 0.29) is 0 Å². The number of hydrogen-bond donors (Lipinski definition) is 0. The van der Waals surface area contributed by atoms with Gasteiger partial charge in [-0.25, -0.2) is 4.98 Å². The van der Waals surface area contributed by atoms with Gasteiger partial charge in [-0.3, -0.25) is 9.55 Å². The van der Waals surface area contributed by atoms with Crippen LogP contribution in [0.2, 0.25) is 0 Å². The minimum Gasteiger partial charge on any atom is -0.307 e. The van der Waals surface area contributed by atoms with Crippen molar-refractivity contribution in [3.63, 3.8) is 0 Å². The zero-order valence-electron chi connectivity index (χ0n) is 16.7. The molecule has 0 saturated heterocycles. The van der Waals surface area contributed by atoms with Crippen molar-refractivity contribution in [3.8, 4) is 17.1 Å². The summed E-state index contributed by atoms with van der Waals surface area (Å²) in [5.41, 5.74) is 6.36. The zero-order chi connectivity index (χ0) is 20.5. The Balaban J connectivity index is 1.55. The van der Waals surface area contributed by atoms with Crippen molar-refractivity contribution in [3.05, 3.63) is 90.1 Å². The molecule has 0 amide bonds. The van der Waals surface area contributed by atoms with Crippen LogP contribution >= 0.6 is 11.8 Å². The molecule has 0 fully saturated rings. The standard InChI is InChI=1S/C23H20N6S/c1-16-8-9-20(17(2)12-16)29-22(18-6-5-10-24-13-18)26-27-23(29)30-15-19-14-28-11-4-3-7-21(28)25-19/h3-14H,15H2,1-2H3. The predicted molar refractivity (Wildman–Crippen MR) is 119 cm³/mol. The van der Waals surface area contributed by atoms with Crippen LogP contribution in [0.15, 0.2) is 78.5 Å². The smallest absolute Gasteiger partial charge is 0.196 e. The van der Waals surface area contributed by atoms with Crippen LogP contribution in [0.3, 0.4) is 0 Å². The summed E-state index contributed by atoms with van der Waals surface area (Å²) in [4.78, 5) is 8.96. The van der Waals surface area contributed by atoms with Crippen molar-refractivity contribution < 1.29 is 0 Å². The molecule has 4 heterocycles. The normalized spacial score (nSPS) is 11.3. The monoisotopic (exact) mass is 412 g/mol. The highest BCUT2D eigenvalue weighted by Gasteiger charge is 2.18. The van der Waals surface area contributed by atoms with E-state index in [0.29, 0.717) is 5.75 Å². The first-order valence-electron chi connectivity index (χ1n) is 9.68. The summed E-state index contributed by atoms with van der Waals surface area (Å²) in [6, 6.07) is 16.4. The molecular formula is C23H20N6S. The van der Waals surface area contributed by atoms with E-state index < -0.39 is 0 Å². The van der Waals surface area contributed by atoms with Gasteiger partial charge in [0.25, 0.3) is 0 Å². The maximum Gasteiger partial charge on any atom is 0.196 e. The first kappa shape index (κ1) is 18.6. The van der Waals surface area contributed by atoms with E-state index in [1.807, 2.05) is 47.1 Å². The molecule has 148 valence electrons. The van der Waals surface area contributed by atoms with E-state index in [1.165, 1.54) is 11.1 Å². The van der Waals surface area contributed by atoms with E-state index in [4.69, 9.17) is 4.98 Å². The van der Waals surface area contributed by atoms with E-state index in [1.54, 1.807) is 18.0 Å². The Morgan fingerprint density at radius 1 is 1.00 bits per heavy atom. The summed E-state index contributed by atoms with van der Waals surface area (Å²) >= 11 is 1.63. The van der Waals surface area contributed by atoms with Crippen molar-refractivity contribution >= 4 is 17.4 Å². The number of benzene rings is 1. The summed E-state index contributed by atoms with van der Waals surface area (Å²) < 4.78 is 4.15. The van der Waals surface area contributed by atoms with E-state index in [2.05, 4.69) is 58.0 Å². The fourth-order valence-corrected chi connectivity index (χ4v) is 4.34. The lowest BCUT2D eigenvalue weighted by molar-refractivity contribution is 0.879. The van der Waals surface area contributed by atoms with Gasteiger partial charge in [0.15, 0.2) is 11.0 Å². The quantitative estimate of drug-likeness (QED) is 0.385. The Labute approximate surface area is 178 Å². The van der Waals surface area contributed by atoms with Crippen LogP contribution in [-0.4, -0.2) is 29.1 Å². The molecule has 0 radical (unpaired) electrons. The Hall–Kier alpha value is -3.45. The van der Waals surface area contributed by atoms with E-state index in [0.717, 1.165) is 33.6 Å². The lowest BCUT2D eigenvalue weighted by Crippen LogP contribution is -2.02. The van der Waals surface area contributed by atoms with Crippen LogP contribution in [-0.2, 0) is 5.75 Å². The molecule has 0 atom stereocenters. The summed E-state index contributed by atoms with van der Waals surface area (Å²) in [7, 11) is 0. The highest BCUT2D eigenvalue weighted by molar-refractivity contribution is 7.98. The third kappa shape index (κ3) is 3.48. The van der Waals surface area contributed by atoms with E-state index in [9.17, 15) is 0 Å². The number of hydrogen-bond acceptors (Lipinski definition) is 5. The molecule has 0 spiro atoms. The van der Waals surface area contributed by atoms with Gasteiger partial charge in [-0.15, -0.1) is 10.2 Å². The highest BCUT2D eigenvalue weighted by Crippen LogP contribution is 2.31. The number of pyridine rings is 2. The molecule has 5 aromatic rings. The third-order valence-corrected chi connectivity index (χ3v) is 5.87. The van der Waals surface area contributed by atoms with Crippen molar-refractivity contribution in [1.82, 2.24) is 29.1 Å². The summed E-state index contributed by atoms with van der Waals surface area (Å²) in [5, 5.41) is 9.85. The lowest BCUT2D eigenvalue weighted by Gasteiger charge is -2.13. The molecule has 4 aromatic heterocycles. The molecule has 0 unspecified atom stereocenters. The van der Waals surface area contributed by atoms with Gasteiger partial charge in [-0.2, -0.15) is 0 Å². The number of aryl methyl sites for hydroxylation is 2. The summed E-state index contributed by atoms with van der Waals surface area (Å²) in [6.45, 7) is 4.22. The molecule has 5 rings (SSSR count). The molecule has 0 bridgehead atoms. The first-order valence-corrected chi connectivity index (χ1v) is 10.7. The molecule has 0 aliphatic rings. The Kier molecular flexibility index (Phi) is 4.80. The molecule has 0 saturated carbocycles. The van der Waals surface area contributed by atoms with Crippen molar-refractivity contribution in [2.75, 3.05) is 0 Å². The van der Waals surface area contributed by atoms with E-state index >= 15 is 0 Å². The number of aromatic nitrogens is 6. The van der Waals surface area contributed by atoms with Crippen LogP contribution in [0.5, 0.6) is 0 Å². The van der Waals surface area contributed by atoms with Crippen LogP contribution in [0.1, 0.15) is 16.8 Å². The molecule has 6 nitrogen and oxygen atoms in total. The third-order valence-electron chi connectivity index (χ3n) is 4.91. The number of rotatable bonds is 5. The second-order valence-corrected chi connectivity index (χ2v) is 8.10. The fourth-order valence-electron chi connectivity index (χ4n) is 3.51. The lowest BCUT2D eigenvalue weighted by atomic mass is 10.1. The van der Waals surface area contributed by atoms with Crippen molar-refractivity contribution in [2.45, 2.75) is 24.8 Å². The summed E-state index contributed by atoms with van der Waals surface area (Å²) in [5.74, 6) is 1.49. The molecule has 1 aromatic carbocycles. The maximum atomic E-state index is 4.70. The number of nitrogens with zero attached hydrogens (tertiary/aromatic N) is 6. The largest absolute Gasteiger partial charge is 0.307 e. The van der Waals surface area contributed by atoms with Gasteiger partial charge < -0.3 is 4.40 Å².